The van der Waals surface area contributed by atoms with Crippen LogP contribution in [0.25, 0.3) is 44.6 Å². The Morgan fingerprint density at radius 3 is 1.27 bits per heavy atom. The van der Waals surface area contributed by atoms with E-state index in [2.05, 4.69) is 40.3 Å². The number of carboxylic acid groups (broad SMARTS) is 2. The van der Waals surface area contributed by atoms with E-state index in [9.17, 15) is 37.4 Å². The first-order valence-corrected chi connectivity index (χ1v) is 28.1. The third-order valence-corrected chi connectivity index (χ3v) is 16.6. The minimum atomic E-state index is -1.51. The van der Waals surface area contributed by atoms with Crippen LogP contribution in [0.2, 0.25) is 0 Å². The highest BCUT2D eigenvalue weighted by atomic mass is 32.1. The average molecular weight is 1260 g/mol. The molecular formula is C58H44F10N10O8S2. The van der Waals surface area contributed by atoms with Gasteiger partial charge in [-0.25, -0.2) is 64.6 Å². The predicted octanol–water partition coefficient (Wildman–Crippen LogP) is 12.3. The van der Waals surface area contributed by atoms with Gasteiger partial charge in [0.2, 0.25) is 11.8 Å². The summed E-state index contributed by atoms with van der Waals surface area (Å²) in [6.07, 6.45) is 0.827. The van der Waals surface area contributed by atoms with Gasteiger partial charge in [-0.1, -0.05) is 45.0 Å². The fourth-order valence-corrected chi connectivity index (χ4v) is 10.8. The maximum atomic E-state index is 15.5. The summed E-state index contributed by atoms with van der Waals surface area (Å²) in [5.41, 5.74) is -5.27. The number of aromatic nitrogens is 10. The van der Waals surface area contributed by atoms with Crippen LogP contribution < -0.4 is 18.9 Å². The van der Waals surface area contributed by atoms with Crippen molar-refractivity contribution in [3.8, 4) is 44.7 Å². The molecule has 18 nitrogen and oxygen atoms in total. The van der Waals surface area contributed by atoms with Crippen molar-refractivity contribution in [3.05, 3.63) is 163 Å². The van der Waals surface area contributed by atoms with Gasteiger partial charge in [-0.05, 0) is 74.2 Å². The second-order valence-electron chi connectivity index (χ2n) is 20.8. The second kappa shape index (κ2) is 24.4. The van der Waals surface area contributed by atoms with Crippen LogP contribution in [0.15, 0.2) is 72.8 Å². The van der Waals surface area contributed by atoms with Gasteiger partial charge >= 0.3 is 11.9 Å². The van der Waals surface area contributed by atoms with Crippen LogP contribution in [0, 0.1) is 57.4 Å². The molecular weight excluding hydrogens is 1220 g/mol. The van der Waals surface area contributed by atoms with Crippen molar-refractivity contribution in [3.63, 3.8) is 0 Å². The molecule has 2 aliphatic carbocycles. The zero-order chi connectivity index (χ0) is 62.3. The second-order valence-corrected chi connectivity index (χ2v) is 22.8. The largest absolute Gasteiger partial charge is 0.478 e. The maximum Gasteiger partial charge on any atom is 0.335 e. The monoisotopic (exact) mass is 1260 g/mol. The molecule has 2 fully saturated rings. The smallest absolute Gasteiger partial charge is 0.335 e. The van der Waals surface area contributed by atoms with Gasteiger partial charge in [0.1, 0.15) is 47.5 Å². The highest BCUT2D eigenvalue weighted by molar-refractivity contribution is 7.13. The predicted molar refractivity (Wildman–Crippen MR) is 295 cm³/mol. The molecule has 12 rings (SSSR count). The summed E-state index contributed by atoms with van der Waals surface area (Å²) < 4.78 is 174. The summed E-state index contributed by atoms with van der Waals surface area (Å²) in [7, 11) is 2.88. The Morgan fingerprint density at radius 1 is 0.534 bits per heavy atom. The molecule has 30 heteroatoms. The Bertz CT molecular complexity index is 4090. The Kier molecular flexibility index (Phi) is 16.8. The molecule has 2 aliphatic rings. The van der Waals surface area contributed by atoms with Crippen LogP contribution in [0.1, 0.15) is 79.2 Å². The molecule has 0 spiro atoms. The molecule has 2 saturated carbocycles. The number of alkyl halides is 2. The lowest BCUT2D eigenvalue weighted by atomic mass is 10.0. The molecule has 2 N–H and O–H groups in total. The summed E-state index contributed by atoms with van der Waals surface area (Å²) in [6, 6.07) is 14.1. The van der Waals surface area contributed by atoms with Gasteiger partial charge < -0.3 is 38.3 Å². The van der Waals surface area contributed by atoms with Crippen molar-refractivity contribution in [1.82, 2.24) is 49.5 Å². The zero-order valence-corrected chi connectivity index (χ0v) is 47.5. The van der Waals surface area contributed by atoms with E-state index in [0.717, 1.165) is 46.9 Å². The molecule has 4 aromatic carbocycles. The van der Waals surface area contributed by atoms with Crippen LogP contribution in [0.5, 0.6) is 22.1 Å². The molecule has 6 heterocycles. The summed E-state index contributed by atoms with van der Waals surface area (Å²) in [5, 5.41) is 35.8. The third kappa shape index (κ3) is 12.3. The Balaban J connectivity index is 0.000000182. The number of hydrogen-bond acceptors (Lipinski definition) is 16. The molecule has 456 valence electrons. The number of halogens is 10. The fourth-order valence-electron chi connectivity index (χ4n) is 9.62. The zero-order valence-electron chi connectivity index (χ0n) is 45.8. The van der Waals surface area contributed by atoms with E-state index in [1.165, 1.54) is 71.9 Å². The van der Waals surface area contributed by atoms with Crippen LogP contribution in [-0.2, 0) is 39.1 Å². The first-order valence-electron chi connectivity index (χ1n) is 26.4. The molecule has 0 saturated heterocycles. The number of rotatable bonds is 22. The molecule has 0 aliphatic heterocycles. The van der Waals surface area contributed by atoms with E-state index in [1.807, 2.05) is 0 Å². The van der Waals surface area contributed by atoms with Gasteiger partial charge in [-0.3, -0.25) is 8.78 Å². The molecule has 0 atom stereocenters. The quantitative estimate of drug-likeness (QED) is 0.0475. The topological polar surface area (TPSA) is 224 Å². The summed E-state index contributed by atoms with van der Waals surface area (Å²) in [5.74, 6) is -12.8. The van der Waals surface area contributed by atoms with E-state index in [4.69, 9.17) is 18.9 Å². The van der Waals surface area contributed by atoms with Crippen molar-refractivity contribution in [2.45, 2.75) is 64.8 Å². The summed E-state index contributed by atoms with van der Waals surface area (Å²) >= 11 is 2.29. The van der Waals surface area contributed by atoms with Crippen molar-refractivity contribution in [2.24, 2.45) is 10.8 Å². The average Bonchev–Trinajstić information content (AvgIpc) is 2.02. The number of fused-ring (bicyclic) bond motifs is 2. The molecule has 0 amide bonds. The number of carboxylic acids is 2. The van der Waals surface area contributed by atoms with E-state index < -0.39 is 118 Å². The lowest BCUT2D eigenvalue weighted by Crippen LogP contribution is -2.17. The highest BCUT2D eigenvalue weighted by Crippen LogP contribution is 2.50. The van der Waals surface area contributed by atoms with Gasteiger partial charge in [0.15, 0.2) is 44.9 Å². The van der Waals surface area contributed by atoms with Gasteiger partial charge in [-0.15, -0.1) is 10.2 Å². The number of nitrogens with zero attached hydrogens (tertiary/aromatic N) is 10. The number of ether oxygens (including phenoxy) is 4. The van der Waals surface area contributed by atoms with Crippen molar-refractivity contribution in [2.75, 3.05) is 27.6 Å². The molecule has 0 unspecified atom stereocenters. The summed E-state index contributed by atoms with van der Waals surface area (Å²) in [4.78, 5) is 39.8. The van der Waals surface area contributed by atoms with E-state index >= 15 is 26.3 Å². The number of pyridine rings is 2. The molecule has 0 radical (unpaired) electrons. The van der Waals surface area contributed by atoms with E-state index in [-0.39, 0.29) is 94.3 Å². The SMILES string of the molecule is COc1nnc(COc2cccc(-c3cc(F)c(Cc4nc5c(F)cc(C(=O)O)cc5n4CC4(CF)CC4)c(F)c3F)n2)s1.COc1nnc(COc2cccc(-c3cc(F)c(Cc4nc5c(F)cc(C(=O)O)cc5n4CC4(CF)CC4)c(F)c3F)n2)s1. The van der Waals surface area contributed by atoms with Crippen LogP contribution in [0.3, 0.4) is 0 Å². The van der Waals surface area contributed by atoms with Gasteiger partial charge in [0.25, 0.3) is 10.4 Å². The van der Waals surface area contributed by atoms with Gasteiger partial charge in [0, 0.05) is 71.1 Å². The van der Waals surface area contributed by atoms with Gasteiger partial charge in [0.05, 0.1) is 61.1 Å². The van der Waals surface area contributed by atoms with E-state index in [0.29, 0.717) is 46.1 Å². The minimum absolute atomic E-state index is 0.0256. The van der Waals surface area contributed by atoms with E-state index in [1.54, 1.807) is 0 Å². The number of aromatic carboxylic acids is 2. The number of hydrogen-bond donors (Lipinski definition) is 2. The van der Waals surface area contributed by atoms with Crippen LogP contribution in [-0.4, -0.2) is 99.2 Å². The number of carbonyl (C=O) groups is 2. The lowest BCUT2D eigenvalue weighted by Gasteiger charge is -2.16. The third-order valence-electron chi connectivity index (χ3n) is 14.8. The Hall–Kier alpha value is -9.32. The maximum absolute atomic E-state index is 15.5. The normalized spacial score (nSPS) is 13.8. The molecule has 6 aromatic heterocycles. The number of imidazole rings is 2. The first kappa shape index (κ1) is 60.4. The standard InChI is InChI=1S/2C29H22F5N5O4S/c2*1-42-28-38-37-23(44-28)11-43-22-4-2-3-19(35-22)16-9-17(31)15(24(33)25(16)34)10-21-36-26-18(32)7-14(27(40)41)8-20(26)39(21)13-29(12-30)5-6-29/h2*2-4,7-9H,5-6,10-13H2,1H3,(H,40,41). The fraction of sp³-hybridized carbons (Fsp3) is 0.276. The summed E-state index contributed by atoms with van der Waals surface area (Å²) in [6.45, 7) is -1.51. The number of benzene rings is 4. The Labute approximate surface area is 498 Å². The molecule has 0 bridgehead atoms. The molecule has 88 heavy (non-hydrogen) atoms. The lowest BCUT2D eigenvalue weighted by molar-refractivity contribution is 0.0686. The Morgan fingerprint density at radius 2 is 0.932 bits per heavy atom. The molecule has 10 aromatic rings. The van der Waals surface area contributed by atoms with Crippen molar-refractivity contribution in [1.29, 1.82) is 0 Å². The van der Waals surface area contributed by atoms with Crippen molar-refractivity contribution < 1.29 is 82.7 Å². The van der Waals surface area contributed by atoms with Crippen molar-refractivity contribution >= 4 is 56.7 Å². The van der Waals surface area contributed by atoms with Crippen LogP contribution >= 0.6 is 22.7 Å². The van der Waals surface area contributed by atoms with Gasteiger partial charge in [-0.2, -0.15) is 0 Å². The number of methoxy groups -OCH3 is 2. The van der Waals surface area contributed by atoms with Crippen LogP contribution in [0.4, 0.5) is 43.9 Å². The highest BCUT2D eigenvalue weighted by Gasteiger charge is 2.45. The minimum Gasteiger partial charge on any atom is -0.478 e. The first-order chi connectivity index (χ1) is 42.2.